The highest BCUT2D eigenvalue weighted by Gasteiger charge is 2.39. The summed E-state index contributed by atoms with van der Waals surface area (Å²) in [6.45, 7) is 1.03. The van der Waals surface area contributed by atoms with E-state index >= 15 is 0 Å². The van der Waals surface area contributed by atoms with Gasteiger partial charge < -0.3 is 15.0 Å². The van der Waals surface area contributed by atoms with Gasteiger partial charge in [-0.05, 0) is 36.3 Å². The van der Waals surface area contributed by atoms with Gasteiger partial charge in [-0.15, -0.1) is 11.8 Å². The number of thioether (sulfide) groups is 1. The van der Waals surface area contributed by atoms with Gasteiger partial charge in [0.15, 0.2) is 0 Å². The van der Waals surface area contributed by atoms with E-state index in [0.29, 0.717) is 25.3 Å². The normalized spacial score (nSPS) is 19.8. The highest BCUT2D eigenvalue weighted by atomic mass is 32.2. The number of ether oxygens (including phenoxy) is 1. The van der Waals surface area contributed by atoms with Crippen LogP contribution in [0, 0.1) is 17.2 Å². The van der Waals surface area contributed by atoms with E-state index in [1.807, 2.05) is 42.5 Å². The molecule has 1 N–H and O–H groups in total. The van der Waals surface area contributed by atoms with Crippen LogP contribution in [-0.4, -0.2) is 47.3 Å². The van der Waals surface area contributed by atoms with Crippen LogP contribution in [0.4, 0.5) is 0 Å². The molecule has 2 unspecified atom stereocenters. The molecule has 2 amide bonds. The molecule has 0 aliphatic carbocycles. The lowest BCUT2D eigenvalue weighted by molar-refractivity contribution is -0.130. The van der Waals surface area contributed by atoms with Crippen molar-refractivity contribution in [3.05, 3.63) is 76.5 Å². The van der Waals surface area contributed by atoms with Gasteiger partial charge >= 0.3 is 0 Å². The molecule has 0 radical (unpaired) electrons. The number of nitriles is 1. The van der Waals surface area contributed by atoms with E-state index < -0.39 is 5.92 Å². The fourth-order valence-electron chi connectivity index (χ4n) is 3.99. The van der Waals surface area contributed by atoms with Gasteiger partial charge in [0.05, 0.1) is 37.4 Å². The third-order valence-electron chi connectivity index (χ3n) is 5.68. The highest BCUT2D eigenvalue weighted by Crippen LogP contribution is 2.44. The number of hydrogen-bond donors (Lipinski definition) is 1. The Morgan fingerprint density at radius 1 is 1.30 bits per heavy atom. The number of carbonyl (C=O) groups is 2. The van der Waals surface area contributed by atoms with Crippen LogP contribution in [0.2, 0.25) is 0 Å². The first kappa shape index (κ1) is 22.6. The first-order valence-electron chi connectivity index (χ1n) is 10.7. The first-order chi connectivity index (χ1) is 16.1. The van der Waals surface area contributed by atoms with Crippen molar-refractivity contribution in [3.8, 4) is 11.8 Å². The van der Waals surface area contributed by atoms with E-state index in [2.05, 4.69) is 16.4 Å². The quantitative estimate of drug-likeness (QED) is 0.666. The van der Waals surface area contributed by atoms with Crippen LogP contribution in [0.15, 0.2) is 65.2 Å². The Balaban J connectivity index is 1.38. The minimum absolute atomic E-state index is 0.0154. The van der Waals surface area contributed by atoms with Crippen molar-refractivity contribution in [2.75, 3.05) is 20.2 Å². The molecule has 1 aromatic heterocycles. The number of carbonyl (C=O) groups excluding carboxylic acids is 2. The van der Waals surface area contributed by atoms with Crippen molar-refractivity contribution in [1.82, 2.24) is 15.2 Å². The van der Waals surface area contributed by atoms with Gasteiger partial charge in [-0.2, -0.15) is 5.26 Å². The van der Waals surface area contributed by atoms with Gasteiger partial charge in [0.2, 0.25) is 11.8 Å². The SMILES string of the molecule is COc1ccccc1/C=C/C(=O)NC1SC2=C(CCN(C(=O)Cc3ccccn3)C2)C1C#N. The van der Waals surface area contributed by atoms with Gasteiger partial charge in [-0.3, -0.25) is 14.6 Å². The summed E-state index contributed by atoms with van der Waals surface area (Å²) < 4.78 is 5.30. The number of rotatable bonds is 6. The summed E-state index contributed by atoms with van der Waals surface area (Å²) in [6.07, 6.45) is 5.72. The minimum Gasteiger partial charge on any atom is -0.496 e. The maximum absolute atomic E-state index is 12.7. The number of methoxy groups -OCH3 is 1. The Labute approximate surface area is 197 Å². The molecule has 2 aliphatic rings. The zero-order valence-electron chi connectivity index (χ0n) is 18.2. The predicted octanol–water partition coefficient (Wildman–Crippen LogP) is 3.16. The molecule has 2 atom stereocenters. The van der Waals surface area contributed by atoms with E-state index in [4.69, 9.17) is 4.74 Å². The maximum atomic E-state index is 12.7. The van der Waals surface area contributed by atoms with Crippen molar-refractivity contribution in [1.29, 1.82) is 5.26 Å². The molecule has 0 spiro atoms. The lowest BCUT2D eigenvalue weighted by atomic mass is 9.94. The van der Waals surface area contributed by atoms with Crippen molar-refractivity contribution < 1.29 is 14.3 Å². The Morgan fingerprint density at radius 3 is 2.88 bits per heavy atom. The second-order valence-electron chi connectivity index (χ2n) is 7.74. The van der Waals surface area contributed by atoms with Crippen LogP contribution in [0.3, 0.4) is 0 Å². The van der Waals surface area contributed by atoms with Gasteiger partial charge in [-0.1, -0.05) is 24.3 Å². The zero-order chi connectivity index (χ0) is 23.2. The van der Waals surface area contributed by atoms with Crippen molar-refractivity contribution >= 4 is 29.7 Å². The molecule has 0 saturated heterocycles. The molecule has 0 saturated carbocycles. The summed E-state index contributed by atoms with van der Waals surface area (Å²) in [7, 11) is 1.58. The first-order valence-corrected chi connectivity index (χ1v) is 11.5. The molecule has 1 aromatic carbocycles. The molecule has 33 heavy (non-hydrogen) atoms. The van der Waals surface area contributed by atoms with E-state index in [9.17, 15) is 14.9 Å². The summed E-state index contributed by atoms with van der Waals surface area (Å²) in [5, 5.41) is 12.3. The summed E-state index contributed by atoms with van der Waals surface area (Å²) in [6, 6.07) is 15.3. The molecular weight excluding hydrogens is 436 g/mol. The fourth-order valence-corrected chi connectivity index (χ4v) is 5.45. The minimum atomic E-state index is -0.401. The lowest BCUT2D eigenvalue weighted by Crippen LogP contribution is -2.38. The largest absolute Gasteiger partial charge is 0.496 e. The van der Waals surface area contributed by atoms with Crippen LogP contribution in [0.1, 0.15) is 17.7 Å². The molecule has 7 nitrogen and oxygen atoms in total. The van der Waals surface area contributed by atoms with Gasteiger partial charge in [0.25, 0.3) is 0 Å². The molecule has 4 rings (SSSR count). The highest BCUT2D eigenvalue weighted by molar-refractivity contribution is 8.04. The topological polar surface area (TPSA) is 95.3 Å². The molecule has 3 heterocycles. The molecule has 168 valence electrons. The van der Waals surface area contributed by atoms with Crippen LogP contribution in [0.25, 0.3) is 6.08 Å². The van der Waals surface area contributed by atoms with Gasteiger partial charge in [0, 0.05) is 35.0 Å². The van der Waals surface area contributed by atoms with Crippen LogP contribution < -0.4 is 10.1 Å². The Bertz CT molecular complexity index is 1140. The van der Waals surface area contributed by atoms with Crippen LogP contribution in [0.5, 0.6) is 5.75 Å². The summed E-state index contributed by atoms with van der Waals surface area (Å²) in [5.74, 6) is 0.0177. The van der Waals surface area contributed by atoms with Crippen molar-refractivity contribution in [3.63, 3.8) is 0 Å². The van der Waals surface area contributed by atoms with Crippen molar-refractivity contribution in [2.45, 2.75) is 18.2 Å². The Morgan fingerprint density at radius 2 is 2.12 bits per heavy atom. The van der Waals surface area contributed by atoms with E-state index in [-0.39, 0.29) is 23.6 Å². The lowest BCUT2D eigenvalue weighted by Gasteiger charge is -2.28. The summed E-state index contributed by atoms with van der Waals surface area (Å²) in [4.78, 5) is 32.3. The third kappa shape index (κ3) is 5.26. The van der Waals surface area contributed by atoms with E-state index in [0.717, 1.165) is 21.7 Å². The number of nitrogens with one attached hydrogen (secondary N) is 1. The standard InChI is InChI=1S/C25H24N4O3S/c1-32-21-8-3-2-6-17(21)9-10-23(30)28-25-20(15-26)19-11-13-29(16-22(19)33-25)24(31)14-18-7-4-5-12-27-18/h2-10,12,20,25H,11,13-14,16H2,1H3,(H,28,30)/b10-9+. The maximum Gasteiger partial charge on any atom is 0.244 e. The molecule has 2 aliphatic heterocycles. The van der Waals surface area contributed by atoms with E-state index in [1.54, 1.807) is 24.3 Å². The average molecular weight is 461 g/mol. The smallest absolute Gasteiger partial charge is 0.244 e. The fraction of sp³-hybridized carbons (Fsp3) is 0.280. The molecule has 0 bridgehead atoms. The van der Waals surface area contributed by atoms with E-state index in [1.165, 1.54) is 17.8 Å². The molecule has 8 heteroatoms. The summed E-state index contributed by atoms with van der Waals surface area (Å²) >= 11 is 1.47. The van der Waals surface area contributed by atoms with Crippen molar-refractivity contribution in [2.24, 2.45) is 5.92 Å². The third-order valence-corrected chi connectivity index (χ3v) is 7.00. The average Bonchev–Trinajstić information content (AvgIpc) is 3.19. The van der Waals surface area contributed by atoms with Crippen LogP contribution >= 0.6 is 11.8 Å². The number of para-hydroxylation sites is 1. The molecule has 0 fully saturated rings. The van der Waals surface area contributed by atoms with Gasteiger partial charge in [-0.25, -0.2) is 0 Å². The summed E-state index contributed by atoms with van der Waals surface area (Å²) in [5.41, 5.74) is 2.57. The Kier molecular flexibility index (Phi) is 7.10. The second-order valence-corrected chi connectivity index (χ2v) is 8.98. The molecule has 2 aromatic rings. The molecular formula is C25H24N4O3S. The number of aromatic nitrogens is 1. The second kappa shape index (κ2) is 10.4. The number of nitrogens with zero attached hydrogens (tertiary/aromatic N) is 3. The zero-order valence-corrected chi connectivity index (χ0v) is 19.0. The predicted molar refractivity (Wildman–Crippen MR) is 127 cm³/mol. The number of pyridine rings is 1. The van der Waals surface area contributed by atoms with Gasteiger partial charge in [0.1, 0.15) is 5.75 Å². The monoisotopic (exact) mass is 460 g/mol. The Hall–Kier alpha value is -3.57. The number of hydrogen-bond acceptors (Lipinski definition) is 6. The number of amides is 2. The van der Waals surface area contributed by atoms with Crippen LogP contribution in [-0.2, 0) is 16.0 Å². The number of benzene rings is 1.